The van der Waals surface area contributed by atoms with Crippen LogP contribution >= 0.6 is 11.8 Å². The van der Waals surface area contributed by atoms with Gasteiger partial charge in [0.1, 0.15) is 19.0 Å². The van der Waals surface area contributed by atoms with Crippen LogP contribution in [0.15, 0.2) is 89.1 Å². The smallest absolute Gasteiger partial charge is 0.337 e. The second-order valence-electron chi connectivity index (χ2n) is 7.11. The van der Waals surface area contributed by atoms with E-state index in [0.717, 1.165) is 21.9 Å². The van der Waals surface area contributed by atoms with Crippen LogP contribution in [0, 0.1) is 11.3 Å². The predicted molar refractivity (Wildman–Crippen MR) is 128 cm³/mol. The molecule has 5 nitrogen and oxygen atoms in total. The van der Waals surface area contributed by atoms with E-state index in [2.05, 4.69) is 18.0 Å². The molecule has 0 radical (unpaired) electrons. The van der Waals surface area contributed by atoms with Crippen LogP contribution in [0.4, 0.5) is 0 Å². The van der Waals surface area contributed by atoms with Crippen molar-refractivity contribution in [2.24, 2.45) is 0 Å². The third kappa shape index (κ3) is 5.43. The van der Waals surface area contributed by atoms with Crippen molar-refractivity contribution in [3.05, 3.63) is 100 Å². The number of hydrogen-bond donors (Lipinski definition) is 1. The van der Waals surface area contributed by atoms with E-state index >= 15 is 0 Å². The molecule has 0 bridgehead atoms. The molecule has 1 heterocycles. The van der Waals surface area contributed by atoms with Gasteiger partial charge in [-0.15, -0.1) is 11.8 Å². The standard InChI is InChI=1S/C26H26N2O3S/c1-4-15-30-26(29)23-18(3)28-25(32-5-2)22(16-27)24(23)20-11-13-21(14-12-20)31-17-19-9-7-6-8-10-19/h4,6-14,24,28H,1,5,15,17H2,2-3H3/t24-/m1/s1. The molecule has 6 heteroatoms. The molecule has 0 saturated heterocycles. The summed E-state index contributed by atoms with van der Waals surface area (Å²) < 4.78 is 11.2. The second-order valence-corrected chi connectivity index (χ2v) is 8.39. The first kappa shape index (κ1) is 23.2. The summed E-state index contributed by atoms with van der Waals surface area (Å²) in [6.45, 7) is 8.03. The van der Waals surface area contributed by atoms with Crippen molar-refractivity contribution in [1.82, 2.24) is 5.32 Å². The van der Waals surface area contributed by atoms with E-state index in [1.807, 2.05) is 68.4 Å². The van der Waals surface area contributed by atoms with Gasteiger partial charge in [0.2, 0.25) is 0 Å². The van der Waals surface area contributed by atoms with E-state index in [4.69, 9.17) is 9.47 Å². The Labute approximate surface area is 193 Å². The van der Waals surface area contributed by atoms with E-state index in [0.29, 0.717) is 29.2 Å². The zero-order valence-corrected chi connectivity index (χ0v) is 19.1. The highest BCUT2D eigenvalue weighted by molar-refractivity contribution is 8.03. The Bertz CT molecular complexity index is 1070. The molecule has 0 unspecified atom stereocenters. The van der Waals surface area contributed by atoms with Gasteiger partial charge in [0.05, 0.1) is 28.2 Å². The maximum absolute atomic E-state index is 12.9. The number of nitriles is 1. The number of esters is 1. The van der Waals surface area contributed by atoms with Gasteiger partial charge < -0.3 is 14.8 Å². The lowest BCUT2D eigenvalue weighted by Crippen LogP contribution is -2.29. The van der Waals surface area contributed by atoms with Gasteiger partial charge in [-0.05, 0) is 35.9 Å². The number of allylic oxidation sites excluding steroid dienone is 2. The summed E-state index contributed by atoms with van der Waals surface area (Å²) in [6.07, 6.45) is 1.53. The first-order valence-electron chi connectivity index (χ1n) is 10.4. The molecule has 1 aliphatic heterocycles. The Morgan fingerprint density at radius 3 is 2.56 bits per heavy atom. The number of benzene rings is 2. The predicted octanol–water partition coefficient (Wildman–Crippen LogP) is 5.44. The maximum atomic E-state index is 12.9. The van der Waals surface area contributed by atoms with E-state index < -0.39 is 11.9 Å². The Morgan fingerprint density at radius 1 is 1.22 bits per heavy atom. The van der Waals surface area contributed by atoms with Crippen LogP contribution in [-0.4, -0.2) is 18.3 Å². The van der Waals surface area contributed by atoms with Crippen LogP contribution in [-0.2, 0) is 16.1 Å². The minimum absolute atomic E-state index is 0.108. The van der Waals surface area contributed by atoms with Gasteiger partial charge in [-0.25, -0.2) is 4.79 Å². The molecule has 1 N–H and O–H groups in total. The number of nitrogens with one attached hydrogen (secondary N) is 1. The van der Waals surface area contributed by atoms with Gasteiger partial charge in [-0.1, -0.05) is 62.0 Å². The summed E-state index contributed by atoms with van der Waals surface area (Å²) in [4.78, 5) is 12.9. The monoisotopic (exact) mass is 446 g/mol. The molecule has 1 atom stereocenters. The first-order valence-corrected chi connectivity index (χ1v) is 11.4. The highest BCUT2D eigenvalue weighted by Gasteiger charge is 2.35. The van der Waals surface area contributed by atoms with E-state index in [1.54, 1.807) is 11.8 Å². The quantitative estimate of drug-likeness (QED) is 0.408. The highest BCUT2D eigenvalue weighted by Crippen LogP contribution is 2.41. The molecule has 32 heavy (non-hydrogen) atoms. The lowest BCUT2D eigenvalue weighted by atomic mass is 9.82. The molecule has 0 fully saturated rings. The number of hydrogen-bond acceptors (Lipinski definition) is 6. The summed E-state index contributed by atoms with van der Waals surface area (Å²) >= 11 is 1.55. The van der Waals surface area contributed by atoms with E-state index in [1.165, 1.54) is 6.08 Å². The zero-order valence-electron chi connectivity index (χ0n) is 18.3. The molecule has 164 valence electrons. The van der Waals surface area contributed by atoms with Gasteiger partial charge in [-0.3, -0.25) is 0 Å². The topological polar surface area (TPSA) is 71.3 Å². The van der Waals surface area contributed by atoms with Crippen LogP contribution in [0.5, 0.6) is 5.75 Å². The van der Waals surface area contributed by atoms with Crippen molar-refractivity contribution in [3.8, 4) is 11.8 Å². The minimum Gasteiger partial charge on any atom is -0.489 e. The van der Waals surface area contributed by atoms with Gasteiger partial charge in [0.25, 0.3) is 0 Å². The molecule has 1 aliphatic rings. The number of carbonyl (C=O) groups excluding carboxylic acids is 1. The number of carbonyl (C=O) groups is 1. The lowest BCUT2D eigenvalue weighted by molar-refractivity contribution is -0.138. The third-order valence-electron chi connectivity index (χ3n) is 4.95. The van der Waals surface area contributed by atoms with Crippen LogP contribution in [0.1, 0.15) is 30.9 Å². The van der Waals surface area contributed by atoms with Crippen LogP contribution < -0.4 is 10.1 Å². The molecule has 0 aromatic heterocycles. The molecular weight excluding hydrogens is 420 g/mol. The van der Waals surface area contributed by atoms with Crippen molar-refractivity contribution in [2.45, 2.75) is 26.4 Å². The largest absolute Gasteiger partial charge is 0.489 e. The van der Waals surface area contributed by atoms with E-state index in [-0.39, 0.29) is 6.61 Å². The third-order valence-corrected chi connectivity index (χ3v) is 5.85. The Hall–Kier alpha value is -3.43. The van der Waals surface area contributed by atoms with Crippen molar-refractivity contribution >= 4 is 17.7 Å². The number of ether oxygens (including phenoxy) is 2. The summed E-state index contributed by atoms with van der Waals surface area (Å²) in [5, 5.41) is 14.0. The summed E-state index contributed by atoms with van der Waals surface area (Å²) in [5.74, 6) is 0.540. The van der Waals surface area contributed by atoms with Crippen molar-refractivity contribution < 1.29 is 14.3 Å². The molecule has 2 aromatic carbocycles. The van der Waals surface area contributed by atoms with Gasteiger partial charge in [-0.2, -0.15) is 5.26 Å². The number of rotatable bonds is 9. The number of thioether (sulfide) groups is 1. The Balaban J connectivity index is 1.92. The first-order chi connectivity index (χ1) is 15.6. The fraction of sp³-hybridized carbons (Fsp3) is 0.231. The fourth-order valence-corrected chi connectivity index (χ4v) is 4.32. The molecule has 2 aromatic rings. The summed E-state index contributed by atoms with van der Waals surface area (Å²) in [6, 6.07) is 19.8. The average Bonchev–Trinajstić information content (AvgIpc) is 2.82. The molecule has 0 aliphatic carbocycles. The van der Waals surface area contributed by atoms with Gasteiger partial charge in [0.15, 0.2) is 0 Å². The Kier molecular flexibility index (Phi) is 8.18. The normalized spacial score (nSPS) is 15.6. The molecule has 0 amide bonds. The number of dihydropyridines is 1. The minimum atomic E-state index is -0.518. The van der Waals surface area contributed by atoms with Gasteiger partial charge >= 0.3 is 5.97 Å². The van der Waals surface area contributed by atoms with Crippen LogP contribution in [0.2, 0.25) is 0 Å². The van der Waals surface area contributed by atoms with Crippen LogP contribution in [0.3, 0.4) is 0 Å². The fourth-order valence-electron chi connectivity index (χ4n) is 3.48. The SMILES string of the molecule is C=CCOC(=O)C1=C(C)NC(SCC)=C(C#N)[C@H]1c1ccc(OCc2ccccc2)cc1. The summed E-state index contributed by atoms with van der Waals surface area (Å²) in [7, 11) is 0. The number of nitrogens with zero attached hydrogens (tertiary/aromatic N) is 1. The lowest BCUT2D eigenvalue weighted by Gasteiger charge is -2.29. The Morgan fingerprint density at radius 2 is 1.94 bits per heavy atom. The summed E-state index contributed by atoms with van der Waals surface area (Å²) in [5.41, 5.74) is 3.53. The molecular formula is C26H26N2O3S. The average molecular weight is 447 g/mol. The van der Waals surface area contributed by atoms with Gasteiger partial charge in [0, 0.05) is 5.70 Å². The molecule has 0 saturated carbocycles. The van der Waals surface area contributed by atoms with Crippen LogP contribution in [0.25, 0.3) is 0 Å². The molecule has 3 rings (SSSR count). The van der Waals surface area contributed by atoms with Crippen molar-refractivity contribution in [2.75, 3.05) is 12.4 Å². The maximum Gasteiger partial charge on any atom is 0.337 e. The van der Waals surface area contributed by atoms with Crippen molar-refractivity contribution in [3.63, 3.8) is 0 Å². The van der Waals surface area contributed by atoms with E-state index in [9.17, 15) is 10.1 Å². The second kappa shape index (κ2) is 11.3. The molecule has 0 spiro atoms. The highest BCUT2D eigenvalue weighted by atomic mass is 32.2. The zero-order chi connectivity index (χ0) is 22.9. The van der Waals surface area contributed by atoms with Crippen molar-refractivity contribution in [1.29, 1.82) is 5.26 Å².